The molecule has 4 nitrogen and oxygen atoms in total. The van der Waals surface area contributed by atoms with Gasteiger partial charge < -0.3 is 14.8 Å². The minimum Gasteiger partial charge on any atom is -0.492 e. The lowest BCUT2D eigenvalue weighted by atomic mass is 9.86. The van der Waals surface area contributed by atoms with Crippen molar-refractivity contribution < 1.29 is 14.8 Å². The zero-order valence-corrected chi connectivity index (χ0v) is 7.47. The van der Waals surface area contributed by atoms with E-state index in [2.05, 4.69) is 4.98 Å². The highest BCUT2D eigenvalue weighted by molar-refractivity contribution is 6.57. The summed E-state index contributed by atoms with van der Waals surface area (Å²) >= 11 is 0. The molecule has 0 spiro atoms. The van der Waals surface area contributed by atoms with E-state index >= 15 is 0 Å². The molecule has 0 unspecified atom stereocenters. The van der Waals surface area contributed by atoms with Gasteiger partial charge in [0.05, 0.1) is 18.4 Å². The zero-order chi connectivity index (χ0) is 9.68. The molecule has 0 saturated heterocycles. The Bertz CT molecular complexity index is 250. The summed E-state index contributed by atoms with van der Waals surface area (Å²) in [5, 5.41) is 17.5. The molecule has 0 aliphatic carbocycles. The first-order chi connectivity index (χ1) is 6.24. The third-order valence-electron chi connectivity index (χ3n) is 1.50. The molecule has 0 amide bonds. The molecular formula is C8H12BNO3. The van der Waals surface area contributed by atoms with Gasteiger partial charge in [0.2, 0.25) is 0 Å². The standard InChI is InChI=1S/C8H12BNO3/c1-2-5-13-7-3-4-8(9(11)12)10-6-7/h3-4,6,11-12H,2,5H2,1H3. The Kier molecular flexibility index (Phi) is 3.73. The predicted octanol–water partition coefficient (Wildman–Crippen LogP) is -0.450. The van der Waals surface area contributed by atoms with Crippen molar-refractivity contribution in [1.29, 1.82) is 0 Å². The Morgan fingerprint density at radius 2 is 2.23 bits per heavy atom. The van der Waals surface area contributed by atoms with Gasteiger partial charge >= 0.3 is 7.12 Å². The monoisotopic (exact) mass is 181 g/mol. The fourth-order valence-electron chi connectivity index (χ4n) is 0.850. The Labute approximate surface area is 77.3 Å². The van der Waals surface area contributed by atoms with Crippen LogP contribution in [-0.4, -0.2) is 28.8 Å². The van der Waals surface area contributed by atoms with Crippen LogP contribution in [0.2, 0.25) is 0 Å². The molecule has 0 radical (unpaired) electrons. The minimum atomic E-state index is -1.51. The first-order valence-electron chi connectivity index (χ1n) is 4.19. The number of nitrogens with zero attached hydrogens (tertiary/aromatic N) is 1. The van der Waals surface area contributed by atoms with Gasteiger partial charge in [-0.15, -0.1) is 0 Å². The van der Waals surface area contributed by atoms with Crippen LogP contribution in [0.4, 0.5) is 0 Å². The Morgan fingerprint density at radius 3 is 2.69 bits per heavy atom. The van der Waals surface area contributed by atoms with Crippen molar-refractivity contribution in [3.8, 4) is 5.75 Å². The van der Waals surface area contributed by atoms with E-state index in [1.54, 1.807) is 6.07 Å². The van der Waals surface area contributed by atoms with E-state index in [4.69, 9.17) is 14.8 Å². The van der Waals surface area contributed by atoms with Gasteiger partial charge in [-0.1, -0.05) is 6.92 Å². The Balaban J connectivity index is 2.59. The lowest BCUT2D eigenvalue weighted by Gasteiger charge is -2.04. The van der Waals surface area contributed by atoms with Gasteiger partial charge in [0.25, 0.3) is 0 Å². The first-order valence-corrected chi connectivity index (χ1v) is 4.19. The van der Waals surface area contributed by atoms with Crippen molar-refractivity contribution in [3.63, 3.8) is 0 Å². The van der Waals surface area contributed by atoms with Gasteiger partial charge in [-0.05, 0) is 18.6 Å². The molecular weight excluding hydrogens is 169 g/mol. The molecule has 5 heteroatoms. The van der Waals surface area contributed by atoms with Crippen LogP contribution in [0.3, 0.4) is 0 Å². The van der Waals surface area contributed by atoms with Crippen LogP contribution in [0.25, 0.3) is 0 Å². The Morgan fingerprint density at radius 1 is 1.46 bits per heavy atom. The lowest BCUT2D eigenvalue weighted by Crippen LogP contribution is -2.32. The number of ether oxygens (including phenoxy) is 1. The van der Waals surface area contributed by atoms with Crippen molar-refractivity contribution >= 4 is 12.7 Å². The maximum absolute atomic E-state index is 8.74. The second-order valence-electron chi connectivity index (χ2n) is 2.64. The van der Waals surface area contributed by atoms with Crippen LogP contribution < -0.4 is 10.3 Å². The summed E-state index contributed by atoms with van der Waals surface area (Å²) in [6.45, 7) is 2.65. The smallest absolute Gasteiger partial charge is 0.492 e. The second-order valence-corrected chi connectivity index (χ2v) is 2.64. The summed E-state index contributed by atoms with van der Waals surface area (Å²) in [7, 11) is -1.51. The van der Waals surface area contributed by atoms with E-state index in [9.17, 15) is 0 Å². The van der Waals surface area contributed by atoms with Gasteiger partial charge in [0.15, 0.2) is 0 Å². The second kappa shape index (κ2) is 4.84. The van der Waals surface area contributed by atoms with Gasteiger partial charge in [0.1, 0.15) is 5.75 Å². The van der Waals surface area contributed by atoms with E-state index in [0.29, 0.717) is 12.4 Å². The average molecular weight is 181 g/mol. The van der Waals surface area contributed by atoms with E-state index < -0.39 is 7.12 Å². The number of hydrogen-bond acceptors (Lipinski definition) is 4. The third kappa shape index (κ3) is 3.04. The first kappa shape index (κ1) is 10.0. The molecule has 0 aromatic carbocycles. The quantitative estimate of drug-likeness (QED) is 0.617. The van der Waals surface area contributed by atoms with Crippen LogP contribution in [0.5, 0.6) is 5.75 Å². The van der Waals surface area contributed by atoms with Crippen LogP contribution in [0.15, 0.2) is 18.3 Å². The lowest BCUT2D eigenvalue weighted by molar-refractivity contribution is 0.316. The maximum atomic E-state index is 8.74. The molecule has 0 saturated carbocycles. The topological polar surface area (TPSA) is 62.6 Å². The fourth-order valence-corrected chi connectivity index (χ4v) is 0.850. The van der Waals surface area contributed by atoms with Crippen molar-refractivity contribution in [2.45, 2.75) is 13.3 Å². The van der Waals surface area contributed by atoms with Gasteiger partial charge in [-0.3, -0.25) is 4.98 Å². The maximum Gasteiger partial charge on any atom is 0.508 e. The van der Waals surface area contributed by atoms with Crippen LogP contribution >= 0.6 is 0 Å². The van der Waals surface area contributed by atoms with E-state index in [-0.39, 0.29) is 5.59 Å². The molecule has 13 heavy (non-hydrogen) atoms. The minimum absolute atomic E-state index is 0.226. The predicted molar refractivity (Wildman–Crippen MR) is 49.8 cm³/mol. The van der Waals surface area contributed by atoms with Crippen molar-refractivity contribution in [3.05, 3.63) is 18.3 Å². The van der Waals surface area contributed by atoms with Crippen molar-refractivity contribution in [1.82, 2.24) is 4.98 Å². The highest BCUT2D eigenvalue weighted by Crippen LogP contribution is 2.05. The molecule has 1 heterocycles. The average Bonchev–Trinajstić information content (AvgIpc) is 2.15. The molecule has 1 aromatic rings. The van der Waals surface area contributed by atoms with Crippen molar-refractivity contribution in [2.75, 3.05) is 6.61 Å². The summed E-state index contributed by atoms with van der Waals surface area (Å²) in [6.07, 6.45) is 2.41. The van der Waals surface area contributed by atoms with E-state index in [1.165, 1.54) is 12.3 Å². The third-order valence-corrected chi connectivity index (χ3v) is 1.50. The highest BCUT2D eigenvalue weighted by Gasteiger charge is 2.11. The van der Waals surface area contributed by atoms with Gasteiger partial charge in [-0.25, -0.2) is 0 Å². The molecule has 0 aliphatic rings. The fraction of sp³-hybridized carbons (Fsp3) is 0.375. The van der Waals surface area contributed by atoms with Gasteiger partial charge in [0, 0.05) is 0 Å². The van der Waals surface area contributed by atoms with Crippen molar-refractivity contribution in [2.24, 2.45) is 0 Å². The van der Waals surface area contributed by atoms with Crippen LogP contribution in [0.1, 0.15) is 13.3 Å². The molecule has 70 valence electrons. The molecule has 0 fully saturated rings. The summed E-state index contributed by atoms with van der Waals surface area (Å²) < 4.78 is 5.26. The van der Waals surface area contributed by atoms with Crippen LogP contribution in [0, 0.1) is 0 Å². The zero-order valence-electron chi connectivity index (χ0n) is 7.47. The number of hydrogen-bond donors (Lipinski definition) is 2. The molecule has 0 bridgehead atoms. The Hall–Kier alpha value is -1.07. The van der Waals surface area contributed by atoms with E-state index in [1.807, 2.05) is 6.92 Å². The highest BCUT2D eigenvalue weighted by atomic mass is 16.5. The summed E-state index contributed by atoms with van der Waals surface area (Å²) in [4.78, 5) is 3.81. The molecule has 1 aromatic heterocycles. The summed E-state index contributed by atoms with van der Waals surface area (Å²) in [6, 6.07) is 3.19. The number of aromatic nitrogens is 1. The summed E-state index contributed by atoms with van der Waals surface area (Å²) in [5.74, 6) is 0.645. The van der Waals surface area contributed by atoms with Crippen LogP contribution in [-0.2, 0) is 0 Å². The van der Waals surface area contributed by atoms with Gasteiger partial charge in [-0.2, -0.15) is 0 Å². The molecule has 2 N–H and O–H groups in total. The number of pyridine rings is 1. The van der Waals surface area contributed by atoms with E-state index in [0.717, 1.165) is 6.42 Å². The molecule has 0 atom stereocenters. The SMILES string of the molecule is CCCOc1ccc(B(O)O)nc1. The normalized spacial score (nSPS) is 9.77. The molecule has 0 aliphatic heterocycles. The molecule has 1 rings (SSSR count). The summed E-state index contributed by atoms with van der Waals surface area (Å²) in [5.41, 5.74) is 0.226. The number of rotatable bonds is 4. The largest absolute Gasteiger partial charge is 0.508 e.